The van der Waals surface area contributed by atoms with E-state index in [1.807, 2.05) is 0 Å². The number of hydrogen-bond donors (Lipinski definition) is 1. The van der Waals surface area contributed by atoms with Crippen molar-refractivity contribution in [1.29, 1.82) is 0 Å². The summed E-state index contributed by atoms with van der Waals surface area (Å²) in [6, 6.07) is 4.62. The molecule has 0 bridgehead atoms. The molecule has 1 heterocycles. The lowest BCUT2D eigenvalue weighted by Crippen LogP contribution is -2.38. The molecule has 1 aromatic carbocycles. The predicted molar refractivity (Wildman–Crippen MR) is 78.1 cm³/mol. The highest BCUT2D eigenvalue weighted by atomic mass is 16.5. The van der Waals surface area contributed by atoms with Gasteiger partial charge in [-0.25, -0.2) is 4.79 Å². The number of ether oxygens (including phenoxy) is 2. The summed E-state index contributed by atoms with van der Waals surface area (Å²) in [5.74, 6) is -0.110. The minimum absolute atomic E-state index is 0.0380. The van der Waals surface area contributed by atoms with Gasteiger partial charge < -0.3 is 20.1 Å². The molecule has 1 fully saturated rings. The van der Waals surface area contributed by atoms with E-state index in [1.165, 1.54) is 13.2 Å². The molecule has 6 nitrogen and oxygen atoms in total. The summed E-state index contributed by atoms with van der Waals surface area (Å²) in [6.45, 7) is 3.26. The maximum absolute atomic E-state index is 12.2. The van der Waals surface area contributed by atoms with E-state index in [2.05, 4.69) is 4.74 Å². The minimum atomic E-state index is -0.602. The molecule has 114 valence electrons. The zero-order valence-corrected chi connectivity index (χ0v) is 12.3. The van der Waals surface area contributed by atoms with Gasteiger partial charge in [-0.1, -0.05) is 0 Å². The number of hydrogen-bond acceptors (Lipinski definition) is 5. The Bertz CT molecular complexity index is 538. The SMILES string of the molecule is COC(=O)c1ccc(OC(C)C(=O)N2CCCC2)c(N)c1. The van der Waals surface area contributed by atoms with Crippen LogP contribution in [0.1, 0.15) is 30.1 Å². The van der Waals surface area contributed by atoms with E-state index in [1.54, 1.807) is 24.0 Å². The van der Waals surface area contributed by atoms with Crippen LogP contribution < -0.4 is 10.5 Å². The van der Waals surface area contributed by atoms with Crippen molar-refractivity contribution in [3.63, 3.8) is 0 Å². The molecule has 0 aliphatic carbocycles. The van der Waals surface area contributed by atoms with E-state index in [-0.39, 0.29) is 5.91 Å². The van der Waals surface area contributed by atoms with Gasteiger partial charge in [-0.3, -0.25) is 4.79 Å². The van der Waals surface area contributed by atoms with Crippen LogP contribution in [0.15, 0.2) is 18.2 Å². The molecule has 2 N–H and O–H groups in total. The molecule has 1 aliphatic heterocycles. The van der Waals surface area contributed by atoms with Crippen molar-refractivity contribution in [3.8, 4) is 5.75 Å². The van der Waals surface area contributed by atoms with E-state index in [4.69, 9.17) is 10.5 Å². The number of anilines is 1. The average molecular weight is 292 g/mol. The molecule has 1 aliphatic rings. The standard InChI is InChI=1S/C15H20N2O4/c1-10(14(18)17-7-3-4-8-17)21-13-6-5-11(9-12(13)16)15(19)20-2/h5-6,9-10H,3-4,7-8,16H2,1-2H3. The van der Waals surface area contributed by atoms with Crippen LogP contribution in [0.25, 0.3) is 0 Å². The fourth-order valence-electron chi connectivity index (χ4n) is 2.34. The number of rotatable bonds is 4. The van der Waals surface area contributed by atoms with Crippen LogP contribution >= 0.6 is 0 Å². The number of nitrogens with zero attached hydrogens (tertiary/aromatic N) is 1. The Kier molecular flexibility index (Phi) is 4.67. The number of esters is 1. The van der Waals surface area contributed by atoms with Crippen LogP contribution in [0.3, 0.4) is 0 Å². The fourth-order valence-corrected chi connectivity index (χ4v) is 2.34. The molecular weight excluding hydrogens is 272 g/mol. The van der Waals surface area contributed by atoms with Crippen LogP contribution in [0.5, 0.6) is 5.75 Å². The van der Waals surface area contributed by atoms with Crippen molar-refractivity contribution in [2.75, 3.05) is 25.9 Å². The third-order valence-electron chi connectivity index (χ3n) is 3.50. The lowest BCUT2D eigenvalue weighted by atomic mass is 10.2. The Hall–Kier alpha value is -2.24. The summed E-state index contributed by atoms with van der Waals surface area (Å²) in [6.07, 6.45) is 1.47. The summed E-state index contributed by atoms with van der Waals surface area (Å²) in [4.78, 5) is 25.4. The van der Waals surface area contributed by atoms with Crippen molar-refractivity contribution < 1.29 is 19.1 Å². The van der Waals surface area contributed by atoms with Gasteiger partial charge in [-0.2, -0.15) is 0 Å². The molecule has 21 heavy (non-hydrogen) atoms. The quantitative estimate of drug-likeness (QED) is 0.671. The van der Waals surface area contributed by atoms with E-state index in [0.29, 0.717) is 17.0 Å². The second-order valence-electron chi connectivity index (χ2n) is 5.04. The molecule has 1 saturated heterocycles. The Morgan fingerprint density at radius 1 is 1.29 bits per heavy atom. The Morgan fingerprint density at radius 2 is 1.95 bits per heavy atom. The Labute approximate surface area is 123 Å². The van der Waals surface area contributed by atoms with Gasteiger partial charge in [0.1, 0.15) is 5.75 Å². The van der Waals surface area contributed by atoms with Gasteiger partial charge in [0.15, 0.2) is 6.10 Å². The van der Waals surface area contributed by atoms with Crippen molar-refractivity contribution in [3.05, 3.63) is 23.8 Å². The topological polar surface area (TPSA) is 81.9 Å². The van der Waals surface area contributed by atoms with E-state index < -0.39 is 12.1 Å². The molecule has 1 aromatic rings. The second kappa shape index (κ2) is 6.47. The first-order chi connectivity index (χ1) is 10.0. The Morgan fingerprint density at radius 3 is 2.52 bits per heavy atom. The van der Waals surface area contributed by atoms with Crippen LogP contribution in [0, 0.1) is 0 Å². The van der Waals surface area contributed by atoms with Gasteiger partial charge in [-0.15, -0.1) is 0 Å². The fraction of sp³-hybridized carbons (Fsp3) is 0.467. The summed E-state index contributed by atoms with van der Waals surface area (Å²) in [5.41, 5.74) is 6.51. The van der Waals surface area contributed by atoms with Gasteiger partial charge in [-0.05, 0) is 38.0 Å². The number of methoxy groups -OCH3 is 1. The molecule has 0 aromatic heterocycles. The zero-order valence-electron chi connectivity index (χ0n) is 12.3. The molecule has 1 unspecified atom stereocenters. The number of likely N-dealkylation sites (tertiary alicyclic amines) is 1. The highest BCUT2D eigenvalue weighted by Crippen LogP contribution is 2.24. The number of benzene rings is 1. The Balaban J connectivity index is 2.05. The number of nitrogen functional groups attached to an aromatic ring is 1. The molecule has 1 amide bonds. The normalized spacial score (nSPS) is 15.6. The van der Waals surface area contributed by atoms with E-state index >= 15 is 0 Å². The molecule has 0 spiro atoms. The summed E-state index contributed by atoms with van der Waals surface area (Å²) in [7, 11) is 1.31. The van der Waals surface area contributed by atoms with Crippen molar-refractivity contribution in [2.24, 2.45) is 0 Å². The number of nitrogens with two attached hydrogens (primary N) is 1. The maximum Gasteiger partial charge on any atom is 0.337 e. The van der Waals surface area contributed by atoms with Crippen LogP contribution in [-0.2, 0) is 9.53 Å². The number of carbonyl (C=O) groups is 2. The average Bonchev–Trinajstić information content (AvgIpc) is 3.01. The first kappa shape index (κ1) is 15.2. The highest BCUT2D eigenvalue weighted by Gasteiger charge is 2.25. The first-order valence-corrected chi connectivity index (χ1v) is 6.96. The smallest absolute Gasteiger partial charge is 0.337 e. The van der Waals surface area contributed by atoms with Crippen molar-refractivity contribution >= 4 is 17.6 Å². The minimum Gasteiger partial charge on any atom is -0.479 e. The number of amides is 1. The van der Waals surface area contributed by atoms with Gasteiger partial charge >= 0.3 is 5.97 Å². The second-order valence-corrected chi connectivity index (χ2v) is 5.04. The van der Waals surface area contributed by atoms with Gasteiger partial charge in [0, 0.05) is 13.1 Å². The number of carbonyl (C=O) groups excluding carboxylic acids is 2. The lowest BCUT2D eigenvalue weighted by Gasteiger charge is -2.21. The van der Waals surface area contributed by atoms with Crippen LogP contribution in [0.4, 0.5) is 5.69 Å². The first-order valence-electron chi connectivity index (χ1n) is 6.96. The third kappa shape index (κ3) is 3.45. The lowest BCUT2D eigenvalue weighted by molar-refractivity contribution is -0.136. The van der Waals surface area contributed by atoms with E-state index in [0.717, 1.165) is 25.9 Å². The summed E-state index contributed by atoms with van der Waals surface area (Å²) < 4.78 is 10.2. The third-order valence-corrected chi connectivity index (χ3v) is 3.50. The molecule has 1 atom stereocenters. The van der Waals surface area contributed by atoms with Gasteiger partial charge in [0.05, 0.1) is 18.4 Å². The largest absolute Gasteiger partial charge is 0.479 e. The van der Waals surface area contributed by atoms with Crippen molar-refractivity contribution in [2.45, 2.75) is 25.9 Å². The molecule has 2 rings (SSSR count). The monoisotopic (exact) mass is 292 g/mol. The van der Waals surface area contributed by atoms with Crippen LogP contribution in [-0.4, -0.2) is 43.1 Å². The summed E-state index contributed by atoms with van der Waals surface area (Å²) >= 11 is 0. The molecule has 0 saturated carbocycles. The highest BCUT2D eigenvalue weighted by molar-refractivity contribution is 5.91. The molecule has 0 radical (unpaired) electrons. The zero-order chi connectivity index (χ0) is 15.4. The molecular formula is C15H20N2O4. The van der Waals surface area contributed by atoms with E-state index in [9.17, 15) is 9.59 Å². The van der Waals surface area contributed by atoms with Crippen LogP contribution in [0.2, 0.25) is 0 Å². The molecule has 6 heteroatoms. The van der Waals surface area contributed by atoms with Gasteiger partial charge in [0.2, 0.25) is 0 Å². The van der Waals surface area contributed by atoms with Gasteiger partial charge in [0.25, 0.3) is 5.91 Å². The predicted octanol–water partition coefficient (Wildman–Crippen LogP) is 1.45. The maximum atomic E-state index is 12.2. The summed E-state index contributed by atoms with van der Waals surface area (Å²) in [5, 5.41) is 0. The van der Waals surface area contributed by atoms with Crippen molar-refractivity contribution in [1.82, 2.24) is 4.90 Å².